The number of benzene rings is 1. The molecule has 4 rings (SSSR count). The minimum Gasteiger partial charge on any atom is -0.507 e. The number of aliphatic hydroxyl groups is 1. The van der Waals surface area contributed by atoms with E-state index in [2.05, 4.69) is 17.2 Å². The predicted octanol–water partition coefficient (Wildman–Crippen LogP) is -1.10. The Bertz CT molecular complexity index is 1140. The average molecular weight is 438 g/mol. The van der Waals surface area contributed by atoms with E-state index >= 15 is 0 Å². The minimum absolute atomic E-state index is 0.0521. The summed E-state index contributed by atoms with van der Waals surface area (Å²) in [5, 5.41) is 24.4. The predicted molar refractivity (Wildman–Crippen MR) is 109 cm³/mol. The Morgan fingerprint density at radius 1 is 1.22 bits per heavy atom. The first kappa shape index (κ1) is 21.9. The molecule has 5 atom stereocenters. The highest BCUT2D eigenvalue weighted by Crippen LogP contribution is 2.50. The summed E-state index contributed by atoms with van der Waals surface area (Å²) in [6.45, 7) is 0.411. The van der Waals surface area contributed by atoms with Crippen LogP contribution in [0.5, 0.6) is 5.75 Å². The number of carbonyl (C=O) groups excluding carboxylic acids is 5. The van der Waals surface area contributed by atoms with Crippen LogP contribution in [0.4, 0.5) is 0 Å². The molecular weight excluding hydrogens is 416 g/mol. The van der Waals surface area contributed by atoms with Crippen LogP contribution in [0.1, 0.15) is 34.3 Å². The number of carbonyl (C=O) groups is 5. The molecule has 2 saturated carbocycles. The number of phenolic OH excluding ortho intramolecular Hbond substituents is 1. The molecule has 9 heteroatoms. The minimum atomic E-state index is -2.64. The van der Waals surface area contributed by atoms with Crippen molar-refractivity contribution in [2.45, 2.75) is 24.9 Å². The molecule has 166 valence electrons. The molecule has 3 aliphatic carbocycles. The van der Waals surface area contributed by atoms with Gasteiger partial charge < -0.3 is 21.3 Å². The summed E-state index contributed by atoms with van der Waals surface area (Å²) in [5.74, 6) is -4.34. The van der Waals surface area contributed by atoms with Crippen LogP contribution in [-0.4, -0.2) is 58.4 Å². The zero-order valence-corrected chi connectivity index (χ0v) is 17.3. The SMILES string of the molecule is CNCC#Cc1ccc(O)c2c1C[C@H]1C[C@H]3CC(=O)C(C(N)=O)C(=O)[C@@]3(O)C(=O)C1C2=O. The summed E-state index contributed by atoms with van der Waals surface area (Å²) in [4.78, 5) is 63.6. The van der Waals surface area contributed by atoms with Gasteiger partial charge in [0.2, 0.25) is 5.91 Å². The van der Waals surface area contributed by atoms with E-state index in [0.29, 0.717) is 17.7 Å². The molecule has 5 N–H and O–H groups in total. The number of hydrogen-bond donors (Lipinski definition) is 4. The van der Waals surface area contributed by atoms with E-state index in [4.69, 9.17) is 5.73 Å². The lowest BCUT2D eigenvalue weighted by molar-refractivity contribution is -0.175. The summed E-state index contributed by atoms with van der Waals surface area (Å²) in [5.41, 5.74) is 3.51. The first-order valence-corrected chi connectivity index (χ1v) is 10.3. The molecule has 0 radical (unpaired) electrons. The molecule has 0 bridgehead atoms. The van der Waals surface area contributed by atoms with Crippen LogP contribution in [0, 0.1) is 35.5 Å². The van der Waals surface area contributed by atoms with Crippen molar-refractivity contribution in [3.8, 4) is 17.6 Å². The quantitative estimate of drug-likeness (QED) is 0.334. The summed E-state index contributed by atoms with van der Waals surface area (Å²) < 4.78 is 0. The number of phenols is 1. The summed E-state index contributed by atoms with van der Waals surface area (Å²) in [6.07, 6.45) is -0.0928. The molecular formula is C23H22N2O7. The van der Waals surface area contributed by atoms with Crippen molar-refractivity contribution < 1.29 is 34.2 Å². The fourth-order valence-corrected chi connectivity index (χ4v) is 5.31. The Hall–Kier alpha value is -3.35. The number of fused-ring (bicyclic) bond motifs is 3. The van der Waals surface area contributed by atoms with Gasteiger partial charge in [-0.15, -0.1) is 0 Å². The number of hydrogen-bond acceptors (Lipinski definition) is 8. The number of rotatable bonds is 2. The topological polar surface area (TPSA) is 164 Å². The molecule has 0 spiro atoms. The van der Waals surface area contributed by atoms with Crippen molar-refractivity contribution in [2.75, 3.05) is 13.6 Å². The molecule has 9 nitrogen and oxygen atoms in total. The maximum absolute atomic E-state index is 13.4. The van der Waals surface area contributed by atoms with Gasteiger partial charge >= 0.3 is 0 Å². The molecule has 2 unspecified atom stereocenters. The molecule has 1 amide bonds. The monoisotopic (exact) mass is 438 g/mol. The number of Topliss-reactive ketones (excluding diaryl/α,β-unsaturated/α-hetero) is 4. The Labute approximate surface area is 183 Å². The molecule has 0 aromatic heterocycles. The number of primary amides is 1. The van der Waals surface area contributed by atoms with E-state index in [1.165, 1.54) is 6.07 Å². The molecule has 3 aliphatic rings. The van der Waals surface area contributed by atoms with Crippen LogP contribution < -0.4 is 11.1 Å². The largest absolute Gasteiger partial charge is 0.507 e. The maximum atomic E-state index is 13.4. The molecule has 32 heavy (non-hydrogen) atoms. The van der Waals surface area contributed by atoms with Gasteiger partial charge in [0.25, 0.3) is 0 Å². The van der Waals surface area contributed by atoms with Crippen molar-refractivity contribution in [1.29, 1.82) is 0 Å². The van der Waals surface area contributed by atoms with E-state index in [1.54, 1.807) is 13.1 Å². The lowest BCUT2D eigenvalue weighted by Gasteiger charge is -2.48. The van der Waals surface area contributed by atoms with Gasteiger partial charge in [0.15, 0.2) is 34.7 Å². The van der Waals surface area contributed by atoms with Crippen molar-refractivity contribution in [3.63, 3.8) is 0 Å². The molecule has 0 aliphatic heterocycles. The number of aromatic hydroxyl groups is 1. The second kappa shape index (κ2) is 7.65. The fraction of sp³-hybridized carbons (Fsp3) is 0.435. The molecule has 0 heterocycles. The lowest BCUT2D eigenvalue weighted by Crippen LogP contribution is -2.68. The van der Waals surface area contributed by atoms with Crippen LogP contribution in [-0.2, 0) is 25.6 Å². The number of nitrogens with one attached hydrogen (secondary N) is 1. The summed E-state index contributed by atoms with van der Waals surface area (Å²) in [6, 6.07) is 2.91. The number of nitrogens with two attached hydrogens (primary N) is 1. The standard InChI is InChI=1S/C23H22N2O7/c1-25-6-2-3-10-4-5-14(26)17-13(10)8-11-7-12-9-15(27)18(22(24)31)21(30)23(12,32)20(29)16(11)19(17)28/h4-5,11-12,16,18,25-26,32H,6-9H2,1H3,(H2,24,31)/t11-,12+,16?,18?,23+/m1/s1. The van der Waals surface area contributed by atoms with Crippen molar-refractivity contribution in [1.82, 2.24) is 5.32 Å². The first-order chi connectivity index (χ1) is 15.1. The van der Waals surface area contributed by atoms with Gasteiger partial charge in [-0.05, 0) is 43.5 Å². The van der Waals surface area contributed by atoms with Gasteiger partial charge in [0.05, 0.1) is 18.0 Å². The third-order valence-electron chi connectivity index (χ3n) is 6.77. The fourth-order valence-electron chi connectivity index (χ4n) is 5.31. The zero-order chi connectivity index (χ0) is 23.4. The normalized spacial score (nSPS) is 31.2. The van der Waals surface area contributed by atoms with E-state index in [9.17, 15) is 34.2 Å². The zero-order valence-electron chi connectivity index (χ0n) is 17.3. The van der Waals surface area contributed by atoms with Gasteiger partial charge in [0, 0.05) is 17.9 Å². The highest BCUT2D eigenvalue weighted by Gasteiger charge is 2.66. The van der Waals surface area contributed by atoms with Gasteiger partial charge in [-0.2, -0.15) is 0 Å². The summed E-state index contributed by atoms with van der Waals surface area (Å²) >= 11 is 0. The van der Waals surface area contributed by atoms with Crippen LogP contribution in [0.15, 0.2) is 12.1 Å². The molecule has 2 fully saturated rings. The highest BCUT2D eigenvalue weighted by atomic mass is 16.3. The molecule has 0 saturated heterocycles. The van der Waals surface area contributed by atoms with Crippen LogP contribution in [0.2, 0.25) is 0 Å². The molecule has 1 aromatic rings. The van der Waals surface area contributed by atoms with E-state index in [1.807, 2.05) is 0 Å². The maximum Gasteiger partial charge on any atom is 0.235 e. The van der Waals surface area contributed by atoms with Gasteiger partial charge in [-0.3, -0.25) is 24.0 Å². The second-order valence-electron chi connectivity index (χ2n) is 8.56. The van der Waals surface area contributed by atoms with Gasteiger partial charge in [-0.1, -0.05) is 11.8 Å². The Balaban J connectivity index is 1.79. The van der Waals surface area contributed by atoms with E-state index in [-0.39, 0.29) is 30.6 Å². The Morgan fingerprint density at radius 2 is 1.94 bits per heavy atom. The average Bonchev–Trinajstić information content (AvgIpc) is 2.72. The van der Waals surface area contributed by atoms with E-state index in [0.717, 1.165) is 0 Å². The van der Waals surface area contributed by atoms with Crippen molar-refractivity contribution >= 4 is 29.0 Å². The van der Waals surface area contributed by atoms with E-state index < -0.39 is 58.3 Å². The van der Waals surface area contributed by atoms with Gasteiger partial charge in [0.1, 0.15) is 5.75 Å². The Kier molecular flexibility index (Phi) is 5.23. The third-order valence-corrected chi connectivity index (χ3v) is 6.77. The van der Waals surface area contributed by atoms with Crippen LogP contribution in [0.3, 0.4) is 0 Å². The first-order valence-electron chi connectivity index (χ1n) is 10.3. The lowest BCUT2D eigenvalue weighted by atomic mass is 9.53. The number of amides is 1. The second-order valence-corrected chi connectivity index (χ2v) is 8.56. The van der Waals surface area contributed by atoms with Crippen molar-refractivity contribution in [2.24, 2.45) is 29.4 Å². The van der Waals surface area contributed by atoms with Crippen molar-refractivity contribution in [3.05, 3.63) is 28.8 Å². The smallest absolute Gasteiger partial charge is 0.235 e. The van der Waals surface area contributed by atoms with Crippen LogP contribution in [0.25, 0.3) is 0 Å². The number of ketones is 4. The highest BCUT2D eigenvalue weighted by molar-refractivity contribution is 6.31. The molecule has 1 aromatic carbocycles. The third kappa shape index (κ3) is 2.98. The van der Waals surface area contributed by atoms with Gasteiger partial charge in [-0.25, -0.2) is 0 Å². The van der Waals surface area contributed by atoms with Crippen LogP contribution >= 0.6 is 0 Å². The Morgan fingerprint density at radius 3 is 2.59 bits per heavy atom. The summed E-state index contributed by atoms with van der Waals surface area (Å²) in [7, 11) is 1.74.